The molecule has 6 nitrogen and oxygen atoms in total. The maximum absolute atomic E-state index is 12.1. The van der Waals surface area contributed by atoms with Gasteiger partial charge >= 0.3 is 5.97 Å². The fourth-order valence-electron chi connectivity index (χ4n) is 3.17. The van der Waals surface area contributed by atoms with Crippen molar-refractivity contribution < 1.29 is 14.3 Å². The first-order chi connectivity index (χ1) is 13.7. The zero-order chi connectivity index (χ0) is 19.6. The number of ether oxygens (including phenoxy) is 1. The van der Waals surface area contributed by atoms with Crippen LogP contribution in [0, 0.1) is 0 Å². The van der Waals surface area contributed by atoms with Crippen LogP contribution >= 0.6 is 0 Å². The molecule has 1 amide bonds. The maximum atomic E-state index is 12.1. The van der Waals surface area contributed by atoms with Crippen molar-refractivity contribution >= 4 is 11.9 Å². The predicted molar refractivity (Wildman–Crippen MR) is 107 cm³/mol. The van der Waals surface area contributed by atoms with E-state index in [1.54, 1.807) is 0 Å². The number of nitrogens with zero attached hydrogens (tertiary/aromatic N) is 2. The van der Waals surface area contributed by atoms with Gasteiger partial charge in [0, 0.05) is 32.7 Å². The molecule has 1 aliphatic rings. The molecule has 3 rings (SSSR count). The second-order valence-corrected chi connectivity index (χ2v) is 6.96. The third-order valence-corrected chi connectivity index (χ3v) is 4.75. The number of esters is 1. The summed E-state index contributed by atoms with van der Waals surface area (Å²) in [7, 11) is 0. The Morgan fingerprint density at radius 1 is 0.821 bits per heavy atom. The summed E-state index contributed by atoms with van der Waals surface area (Å²) in [6.45, 7) is 4.93. The van der Waals surface area contributed by atoms with Crippen molar-refractivity contribution in [3.8, 4) is 0 Å². The van der Waals surface area contributed by atoms with Crippen molar-refractivity contribution in [2.45, 2.75) is 13.2 Å². The molecule has 2 aromatic carbocycles. The Bertz CT molecular complexity index is 744. The van der Waals surface area contributed by atoms with Crippen LogP contribution in [0.4, 0.5) is 0 Å². The van der Waals surface area contributed by atoms with Crippen LogP contribution in [0.3, 0.4) is 0 Å². The molecule has 0 unspecified atom stereocenters. The van der Waals surface area contributed by atoms with E-state index in [2.05, 4.69) is 39.4 Å². The molecule has 0 saturated carbocycles. The lowest BCUT2D eigenvalue weighted by Gasteiger charge is -2.34. The monoisotopic (exact) mass is 381 g/mol. The topological polar surface area (TPSA) is 61.9 Å². The minimum atomic E-state index is -0.426. The summed E-state index contributed by atoms with van der Waals surface area (Å²) in [6.07, 6.45) is 0. The average Bonchev–Trinajstić information content (AvgIpc) is 2.74. The predicted octanol–water partition coefficient (Wildman–Crippen LogP) is 1.66. The van der Waals surface area contributed by atoms with Gasteiger partial charge in [0.1, 0.15) is 13.2 Å². The standard InChI is InChI=1S/C22H27N3O3/c26-21(23-15-22(27)28-18-20-9-5-2-6-10-20)17-25-13-11-24(12-14-25)16-19-7-3-1-4-8-19/h1-10H,11-18H2,(H,23,26). The molecular weight excluding hydrogens is 354 g/mol. The van der Waals surface area contributed by atoms with E-state index in [0.717, 1.165) is 38.3 Å². The Morgan fingerprint density at radius 2 is 1.39 bits per heavy atom. The molecule has 1 heterocycles. The van der Waals surface area contributed by atoms with Crippen LogP contribution in [-0.2, 0) is 27.5 Å². The Hall–Kier alpha value is -2.70. The number of hydrogen-bond donors (Lipinski definition) is 1. The van der Waals surface area contributed by atoms with Gasteiger partial charge in [0.25, 0.3) is 0 Å². The molecule has 1 aliphatic heterocycles. The highest BCUT2D eigenvalue weighted by molar-refractivity contribution is 5.83. The van der Waals surface area contributed by atoms with Crippen molar-refractivity contribution in [1.82, 2.24) is 15.1 Å². The quantitative estimate of drug-likeness (QED) is 0.705. The summed E-state index contributed by atoms with van der Waals surface area (Å²) >= 11 is 0. The van der Waals surface area contributed by atoms with E-state index in [1.807, 2.05) is 36.4 Å². The highest BCUT2D eigenvalue weighted by atomic mass is 16.5. The zero-order valence-corrected chi connectivity index (χ0v) is 16.0. The van der Waals surface area contributed by atoms with Crippen molar-refractivity contribution in [2.75, 3.05) is 39.3 Å². The SMILES string of the molecule is O=C(CN1CCN(Cc2ccccc2)CC1)NCC(=O)OCc1ccccc1. The Balaban J connectivity index is 1.29. The van der Waals surface area contributed by atoms with Gasteiger partial charge in [-0.25, -0.2) is 0 Å². The van der Waals surface area contributed by atoms with Crippen molar-refractivity contribution in [3.05, 3.63) is 71.8 Å². The molecule has 148 valence electrons. The number of rotatable bonds is 8. The summed E-state index contributed by atoms with van der Waals surface area (Å²) < 4.78 is 5.17. The number of amides is 1. The molecule has 0 spiro atoms. The smallest absolute Gasteiger partial charge is 0.325 e. The van der Waals surface area contributed by atoms with Gasteiger partial charge in [-0.3, -0.25) is 19.4 Å². The molecular formula is C22H27N3O3. The van der Waals surface area contributed by atoms with Crippen molar-refractivity contribution in [2.24, 2.45) is 0 Å². The number of benzene rings is 2. The zero-order valence-electron chi connectivity index (χ0n) is 16.0. The first kappa shape index (κ1) is 20.0. The minimum Gasteiger partial charge on any atom is -0.460 e. The molecule has 0 radical (unpaired) electrons. The summed E-state index contributed by atoms with van der Waals surface area (Å²) in [5.74, 6) is -0.571. The fraction of sp³-hybridized carbons (Fsp3) is 0.364. The van der Waals surface area contributed by atoms with Gasteiger partial charge in [0.05, 0.1) is 6.54 Å². The van der Waals surface area contributed by atoms with Crippen LogP contribution < -0.4 is 5.32 Å². The highest BCUT2D eigenvalue weighted by Gasteiger charge is 2.19. The lowest BCUT2D eigenvalue weighted by Crippen LogP contribution is -2.49. The van der Waals surface area contributed by atoms with E-state index in [-0.39, 0.29) is 19.1 Å². The third-order valence-electron chi connectivity index (χ3n) is 4.75. The van der Waals surface area contributed by atoms with E-state index in [4.69, 9.17) is 4.74 Å². The van der Waals surface area contributed by atoms with Crippen LogP contribution in [0.1, 0.15) is 11.1 Å². The van der Waals surface area contributed by atoms with Crippen LogP contribution in [0.2, 0.25) is 0 Å². The van der Waals surface area contributed by atoms with E-state index in [0.29, 0.717) is 6.54 Å². The van der Waals surface area contributed by atoms with E-state index in [1.165, 1.54) is 5.56 Å². The molecule has 0 atom stereocenters. The summed E-state index contributed by atoms with van der Waals surface area (Å²) in [6, 6.07) is 19.9. The summed E-state index contributed by atoms with van der Waals surface area (Å²) in [4.78, 5) is 28.4. The molecule has 28 heavy (non-hydrogen) atoms. The van der Waals surface area contributed by atoms with Crippen molar-refractivity contribution in [3.63, 3.8) is 0 Å². The van der Waals surface area contributed by atoms with Gasteiger partial charge < -0.3 is 10.1 Å². The summed E-state index contributed by atoms with van der Waals surface area (Å²) in [5.41, 5.74) is 2.23. The molecule has 0 bridgehead atoms. The van der Waals surface area contributed by atoms with Gasteiger partial charge in [-0.2, -0.15) is 0 Å². The van der Waals surface area contributed by atoms with Gasteiger partial charge in [0.2, 0.25) is 5.91 Å². The molecule has 2 aromatic rings. The van der Waals surface area contributed by atoms with Gasteiger partial charge in [-0.15, -0.1) is 0 Å². The number of piperazine rings is 1. The van der Waals surface area contributed by atoms with E-state index in [9.17, 15) is 9.59 Å². The second-order valence-electron chi connectivity index (χ2n) is 6.96. The third kappa shape index (κ3) is 6.79. The van der Waals surface area contributed by atoms with Crippen LogP contribution in [0.15, 0.2) is 60.7 Å². The lowest BCUT2D eigenvalue weighted by molar-refractivity contribution is -0.145. The molecule has 6 heteroatoms. The number of carbonyl (C=O) groups is 2. The van der Waals surface area contributed by atoms with Crippen LogP contribution in [0.25, 0.3) is 0 Å². The van der Waals surface area contributed by atoms with Crippen LogP contribution in [0.5, 0.6) is 0 Å². The lowest BCUT2D eigenvalue weighted by atomic mass is 10.2. The minimum absolute atomic E-state index is 0.0976. The van der Waals surface area contributed by atoms with Crippen LogP contribution in [-0.4, -0.2) is 60.9 Å². The molecule has 1 saturated heterocycles. The Morgan fingerprint density at radius 3 is 2.04 bits per heavy atom. The second kappa shape index (κ2) is 10.6. The highest BCUT2D eigenvalue weighted by Crippen LogP contribution is 2.08. The first-order valence-corrected chi connectivity index (χ1v) is 9.64. The first-order valence-electron chi connectivity index (χ1n) is 9.64. The van der Waals surface area contributed by atoms with Crippen molar-refractivity contribution in [1.29, 1.82) is 0 Å². The van der Waals surface area contributed by atoms with Gasteiger partial charge in [0.15, 0.2) is 0 Å². The number of carbonyl (C=O) groups excluding carboxylic acids is 2. The Labute approximate surface area is 166 Å². The average molecular weight is 381 g/mol. The van der Waals surface area contributed by atoms with Gasteiger partial charge in [-0.05, 0) is 11.1 Å². The van der Waals surface area contributed by atoms with E-state index >= 15 is 0 Å². The van der Waals surface area contributed by atoms with E-state index < -0.39 is 5.97 Å². The summed E-state index contributed by atoms with van der Waals surface area (Å²) in [5, 5.41) is 2.65. The number of nitrogens with one attached hydrogen (secondary N) is 1. The largest absolute Gasteiger partial charge is 0.460 e. The molecule has 0 aromatic heterocycles. The normalized spacial score (nSPS) is 15.1. The van der Waals surface area contributed by atoms with Gasteiger partial charge in [-0.1, -0.05) is 60.7 Å². The maximum Gasteiger partial charge on any atom is 0.325 e. The number of hydrogen-bond acceptors (Lipinski definition) is 5. The molecule has 1 fully saturated rings. The Kier molecular flexibility index (Phi) is 7.58. The molecule has 0 aliphatic carbocycles. The molecule has 1 N–H and O–H groups in total. The fourth-order valence-corrected chi connectivity index (χ4v) is 3.17.